The van der Waals surface area contributed by atoms with E-state index in [1.165, 1.54) is 12.1 Å². The van der Waals surface area contributed by atoms with Crippen LogP contribution in [0.5, 0.6) is 0 Å². The molecule has 172 valence electrons. The summed E-state index contributed by atoms with van der Waals surface area (Å²) >= 11 is 1.61. The second-order valence-corrected chi connectivity index (χ2v) is 10.7. The van der Waals surface area contributed by atoms with E-state index in [9.17, 15) is 28.8 Å². The predicted molar refractivity (Wildman–Crippen MR) is 132 cm³/mol. The molecule has 0 amide bonds. The average Bonchev–Trinajstić information content (AvgIpc) is 2.92. The molecule has 2 atom stereocenters. The second-order valence-electron chi connectivity index (χ2n) is 8.48. The van der Waals surface area contributed by atoms with Crippen LogP contribution in [0, 0.1) is 0 Å². The van der Waals surface area contributed by atoms with Crippen LogP contribution in [-0.2, 0) is 9.59 Å². The fraction of sp³-hybridized carbons (Fsp3) is 0.0769. The molecule has 0 aromatic heterocycles. The number of aliphatic imine (C=N–C) groups is 2. The maximum atomic E-state index is 13.5. The van der Waals surface area contributed by atoms with Gasteiger partial charge in [0.2, 0.25) is 23.1 Å². The minimum atomic E-state index is -1.06. The van der Waals surface area contributed by atoms with Crippen LogP contribution in [0.3, 0.4) is 0 Å². The van der Waals surface area contributed by atoms with Crippen LogP contribution in [-0.4, -0.2) is 56.6 Å². The minimum Gasteiger partial charge on any atom is -0.292 e. The Hall–Kier alpha value is -4.02. The molecule has 0 saturated heterocycles. The van der Waals surface area contributed by atoms with Gasteiger partial charge in [0.1, 0.15) is 33.3 Å². The van der Waals surface area contributed by atoms with Crippen molar-refractivity contribution in [3.05, 3.63) is 92.0 Å². The zero-order valence-electron chi connectivity index (χ0n) is 17.9. The van der Waals surface area contributed by atoms with Crippen LogP contribution < -0.4 is 0 Å². The Balaban J connectivity index is 1.33. The van der Waals surface area contributed by atoms with Gasteiger partial charge in [0.05, 0.1) is 9.81 Å². The van der Waals surface area contributed by atoms with Crippen molar-refractivity contribution in [3.63, 3.8) is 0 Å². The monoisotopic (exact) mass is 510 g/mol. The van der Waals surface area contributed by atoms with Gasteiger partial charge in [0.25, 0.3) is 0 Å². The van der Waals surface area contributed by atoms with Gasteiger partial charge in [-0.2, -0.15) is 0 Å². The van der Waals surface area contributed by atoms with Crippen LogP contribution >= 0.6 is 23.5 Å². The molecular formula is C26H10N2O6S2. The lowest BCUT2D eigenvalue weighted by Crippen LogP contribution is -2.44. The molecule has 0 fully saturated rings. The molecule has 2 aliphatic heterocycles. The largest absolute Gasteiger partial charge is 0.292 e. The molecule has 0 spiro atoms. The molecule has 2 heterocycles. The first-order valence-corrected chi connectivity index (χ1v) is 12.6. The minimum absolute atomic E-state index is 0.0913. The quantitative estimate of drug-likeness (QED) is 0.495. The highest BCUT2D eigenvalue weighted by Gasteiger charge is 2.50. The number of hydrogen-bond donors (Lipinski definition) is 0. The van der Waals surface area contributed by atoms with Gasteiger partial charge in [-0.1, -0.05) is 48.5 Å². The van der Waals surface area contributed by atoms with Crippen molar-refractivity contribution >= 4 is 69.6 Å². The molecule has 0 radical (unpaired) electrons. The number of benzene rings is 2. The van der Waals surface area contributed by atoms with E-state index in [4.69, 9.17) is 0 Å². The van der Waals surface area contributed by atoms with E-state index >= 15 is 0 Å². The van der Waals surface area contributed by atoms with Gasteiger partial charge >= 0.3 is 0 Å². The lowest BCUT2D eigenvalue weighted by Gasteiger charge is -2.33. The zero-order valence-corrected chi connectivity index (χ0v) is 19.6. The molecule has 2 unspecified atom stereocenters. The van der Waals surface area contributed by atoms with Crippen molar-refractivity contribution in [1.82, 2.24) is 0 Å². The summed E-state index contributed by atoms with van der Waals surface area (Å²) in [5.41, 5.74) is 0.183. The van der Waals surface area contributed by atoms with E-state index in [-0.39, 0.29) is 66.4 Å². The molecule has 0 bridgehead atoms. The van der Waals surface area contributed by atoms with Crippen LogP contribution in [0.25, 0.3) is 0 Å². The Kier molecular flexibility index (Phi) is 4.28. The molecule has 36 heavy (non-hydrogen) atoms. The number of rotatable bonds is 0. The van der Waals surface area contributed by atoms with Crippen molar-refractivity contribution in [2.24, 2.45) is 9.98 Å². The van der Waals surface area contributed by atoms with Gasteiger partial charge in [-0.05, 0) is 0 Å². The van der Waals surface area contributed by atoms with Crippen LogP contribution in [0.15, 0.2) is 79.7 Å². The Morgan fingerprint density at radius 2 is 0.861 bits per heavy atom. The lowest BCUT2D eigenvalue weighted by molar-refractivity contribution is -0.115. The Morgan fingerprint density at radius 1 is 0.500 bits per heavy atom. The zero-order chi connectivity index (χ0) is 24.9. The first kappa shape index (κ1) is 21.3. The summed E-state index contributed by atoms with van der Waals surface area (Å²) in [6.45, 7) is 0. The maximum absolute atomic E-state index is 13.5. The Bertz CT molecular complexity index is 1580. The van der Waals surface area contributed by atoms with Crippen LogP contribution in [0.1, 0.15) is 41.4 Å². The summed E-state index contributed by atoms with van der Waals surface area (Å²) in [6, 6.07) is 12.7. The van der Waals surface area contributed by atoms with Crippen LogP contribution in [0.2, 0.25) is 0 Å². The molecule has 7 rings (SSSR count). The number of thioether (sulfide) groups is 2. The molecule has 3 aliphatic carbocycles. The smallest absolute Gasteiger partial charge is 0.221 e. The maximum Gasteiger partial charge on any atom is 0.221 e. The molecule has 5 aliphatic rings. The highest BCUT2D eigenvalue weighted by Crippen LogP contribution is 2.47. The topological polar surface area (TPSA) is 127 Å². The van der Waals surface area contributed by atoms with Gasteiger partial charge in [0.15, 0.2) is 11.6 Å². The first-order chi connectivity index (χ1) is 17.4. The standard InChI is InChI=1S/C26H10N2O6S2/c29-17-9-5-1-3-7-11(9)19(31)23-13(17)27-15-21(33)26-16(22(34)25(15)35-23)28-14-18(30)10-6-2-4-8-12(10)20(32)24(14)36-26/h1-8,23-24H. The molecule has 2 aromatic carbocycles. The number of nitrogens with zero attached hydrogens (tertiary/aromatic N) is 2. The van der Waals surface area contributed by atoms with Gasteiger partial charge in [-0.15, -0.1) is 23.5 Å². The number of Topliss-reactive ketones (excluding diaryl/α,β-unsaturated/α-hetero) is 6. The van der Waals surface area contributed by atoms with Crippen molar-refractivity contribution in [3.8, 4) is 0 Å². The Labute approximate surface area is 210 Å². The third-order valence-electron chi connectivity index (χ3n) is 6.52. The number of fused-ring (bicyclic) bond motifs is 4. The second kappa shape index (κ2) is 7.25. The summed E-state index contributed by atoms with van der Waals surface area (Å²) < 4.78 is 0. The van der Waals surface area contributed by atoms with Gasteiger partial charge in [0, 0.05) is 22.3 Å². The summed E-state index contributed by atoms with van der Waals surface area (Å²) in [4.78, 5) is 87.7. The average molecular weight is 511 g/mol. The SMILES string of the molecule is O=C1C2=C(SC3C(=O)c4ccccc4C(=O)C3=N2)C(=O)C2=C1SC1C(=O)c3ccccc3C(=O)C1=N2. The Morgan fingerprint density at radius 3 is 1.25 bits per heavy atom. The van der Waals surface area contributed by atoms with E-state index in [0.717, 1.165) is 23.5 Å². The lowest BCUT2D eigenvalue weighted by atomic mass is 9.87. The van der Waals surface area contributed by atoms with Crippen molar-refractivity contribution < 1.29 is 28.8 Å². The molecule has 2 aromatic rings. The molecule has 0 N–H and O–H groups in total. The van der Waals surface area contributed by atoms with Crippen molar-refractivity contribution in [2.45, 2.75) is 10.5 Å². The molecule has 0 saturated carbocycles. The third kappa shape index (κ3) is 2.62. The molecular weight excluding hydrogens is 500 g/mol. The van der Waals surface area contributed by atoms with E-state index in [2.05, 4.69) is 9.98 Å². The van der Waals surface area contributed by atoms with E-state index < -0.39 is 33.6 Å². The van der Waals surface area contributed by atoms with Crippen molar-refractivity contribution in [2.75, 3.05) is 0 Å². The predicted octanol–water partition coefficient (Wildman–Crippen LogP) is 2.83. The normalized spacial score (nSPS) is 24.3. The summed E-state index contributed by atoms with van der Waals surface area (Å²) in [5, 5.41) is -2.13. The highest BCUT2D eigenvalue weighted by molar-refractivity contribution is 8.07. The third-order valence-corrected chi connectivity index (χ3v) is 9.10. The van der Waals surface area contributed by atoms with E-state index in [1.54, 1.807) is 36.4 Å². The highest BCUT2D eigenvalue weighted by atomic mass is 32.2. The van der Waals surface area contributed by atoms with E-state index in [0.29, 0.717) is 0 Å². The number of carbonyl (C=O) groups excluding carboxylic acids is 6. The van der Waals surface area contributed by atoms with Crippen LogP contribution in [0.4, 0.5) is 0 Å². The molecule has 8 nitrogen and oxygen atoms in total. The fourth-order valence-electron chi connectivity index (χ4n) is 4.81. The number of ketones is 6. The summed E-state index contributed by atoms with van der Waals surface area (Å²) in [6.07, 6.45) is 0. The summed E-state index contributed by atoms with van der Waals surface area (Å²) in [7, 11) is 0. The summed E-state index contributed by atoms with van der Waals surface area (Å²) in [5.74, 6) is -3.04. The van der Waals surface area contributed by atoms with Gasteiger partial charge in [-0.3, -0.25) is 28.8 Å². The van der Waals surface area contributed by atoms with E-state index in [1.807, 2.05) is 0 Å². The first-order valence-electron chi connectivity index (χ1n) is 10.8. The van der Waals surface area contributed by atoms with Crippen molar-refractivity contribution in [1.29, 1.82) is 0 Å². The van der Waals surface area contributed by atoms with Gasteiger partial charge in [-0.25, -0.2) is 9.98 Å². The fourth-order valence-corrected chi connectivity index (χ4v) is 7.20. The number of hydrogen-bond acceptors (Lipinski definition) is 10. The number of allylic oxidation sites excluding steroid dienone is 2. The number of carbonyl (C=O) groups is 6. The van der Waals surface area contributed by atoms with Gasteiger partial charge < -0.3 is 0 Å². The molecule has 10 heteroatoms.